The van der Waals surface area contributed by atoms with E-state index in [1.165, 1.54) is 0 Å². The Morgan fingerprint density at radius 1 is 1.26 bits per heavy atom. The number of aryl methyl sites for hydroxylation is 1. The first-order valence-corrected chi connectivity index (χ1v) is 6.30. The van der Waals surface area contributed by atoms with E-state index >= 15 is 0 Å². The van der Waals surface area contributed by atoms with Crippen molar-refractivity contribution in [2.24, 2.45) is 0 Å². The SMILES string of the molecule is CNCC(=O)Nc1ccc(C(=O)NC(C)C)c(C)c1. The van der Waals surface area contributed by atoms with Gasteiger partial charge in [0.05, 0.1) is 6.54 Å². The molecule has 0 radical (unpaired) electrons. The van der Waals surface area contributed by atoms with Gasteiger partial charge in [0, 0.05) is 17.3 Å². The third-order valence-electron chi connectivity index (χ3n) is 2.51. The van der Waals surface area contributed by atoms with Crippen molar-refractivity contribution in [2.75, 3.05) is 18.9 Å². The maximum atomic E-state index is 11.9. The molecule has 0 bridgehead atoms. The van der Waals surface area contributed by atoms with Crippen LogP contribution in [0, 0.1) is 6.92 Å². The normalized spacial score (nSPS) is 10.4. The van der Waals surface area contributed by atoms with Crippen LogP contribution < -0.4 is 16.0 Å². The van der Waals surface area contributed by atoms with Crippen LogP contribution in [-0.2, 0) is 4.79 Å². The molecule has 2 amide bonds. The van der Waals surface area contributed by atoms with Crippen molar-refractivity contribution >= 4 is 17.5 Å². The van der Waals surface area contributed by atoms with E-state index in [1.807, 2.05) is 20.8 Å². The maximum absolute atomic E-state index is 11.9. The van der Waals surface area contributed by atoms with E-state index in [9.17, 15) is 9.59 Å². The number of nitrogens with one attached hydrogen (secondary N) is 3. The summed E-state index contributed by atoms with van der Waals surface area (Å²) in [7, 11) is 1.71. The Kier molecular flexibility index (Phi) is 5.51. The van der Waals surface area contributed by atoms with Crippen LogP contribution in [0.5, 0.6) is 0 Å². The molecule has 0 spiro atoms. The van der Waals surface area contributed by atoms with Gasteiger partial charge < -0.3 is 16.0 Å². The molecule has 0 aliphatic carbocycles. The van der Waals surface area contributed by atoms with Crippen LogP contribution in [0.25, 0.3) is 0 Å². The van der Waals surface area contributed by atoms with Gasteiger partial charge >= 0.3 is 0 Å². The Balaban J connectivity index is 2.80. The third-order valence-corrected chi connectivity index (χ3v) is 2.51. The lowest BCUT2D eigenvalue weighted by Crippen LogP contribution is -2.30. The number of benzene rings is 1. The number of hydrogen-bond donors (Lipinski definition) is 3. The van der Waals surface area contributed by atoms with Crippen LogP contribution in [0.3, 0.4) is 0 Å². The lowest BCUT2D eigenvalue weighted by Gasteiger charge is -2.12. The Bertz CT molecular complexity index is 470. The number of carbonyl (C=O) groups is 2. The fourth-order valence-electron chi connectivity index (χ4n) is 1.70. The van der Waals surface area contributed by atoms with Crippen molar-refractivity contribution in [3.63, 3.8) is 0 Å². The Labute approximate surface area is 113 Å². The van der Waals surface area contributed by atoms with E-state index in [2.05, 4.69) is 16.0 Å². The van der Waals surface area contributed by atoms with Crippen molar-refractivity contribution in [1.29, 1.82) is 0 Å². The highest BCUT2D eigenvalue weighted by molar-refractivity contribution is 5.97. The zero-order valence-corrected chi connectivity index (χ0v) is 11.8. The molecule has 0 saturated heterocycles. The fourth-order valence-corrected chi connectivity index (χ4v) is 1.70. The molecule has 0 atom stereocenters. The van der Waals surface area contributed by atoms with Gasteiger partial charge in [-0.1, -0.05) is 0 Å². The molecule has 0 aliphatic heterocycles. The van der Waals surface area contributed by atoms with E-state index in [1.54, 1.807) is 25.2 Å². The van der Waals surface area contributed by atoms with Crippen molar-refractivity contribution in [3.8, 4) is 0 Å². The predicted octanol–water partition coefficient (Wildman–Crippen LogP) is 1.29. The first kappa shape index (κ1) is 15.2. The standard InChI is InChI=1S/C14H21N3O2/c1-9(2)16-14(19)12-6-5-11(7-10(12)3)17-13(18)8-15-4/h5-7,9,15H,8H2,1-4H3,(H,16,19)(H,17,18). The van der Waals surface area contributed by atoms with E-state index in [0.717, 1.165) is 5.56 Å². The summed E-state index contributed by atoms with van der Waals surface area (Å²) in [5, 5.41) is 8.38. The lowest BCUT2D eigenvalue weighted by molar-refractivity contribution is -0.115. The minimum absolute atomic E-state index is 0.0967. The van der Waals surface area contributed by atoms with E-state index in [-0.39, 0.29) is 24.4 Å². The molecule has 1 rings (SSSR count). The molecule has 0 saturated carbocycles. The minimum Gasteiger partial charge on any atom is -0.350 e. The topological polar surface area (TPSA) is 70.2 Å². The molecule has 0 aromatic heterocycles. The van der Waals surface area contributed by atoms with Crippen LogP contribution in [0.4, 0.5) is 5.69 Å². The molecule has 104 valence electrons. The highest BCUT2D eigenvalue weighted by Crippen LogP contribution is 2.15. The molecule has 0 heterocycles. The number of carbonyl (C=O) groups excluding carboxylic acids is 2. The quantitative estimate of drug-likeness (QED) is 0.749. The Hall–Kier alpha value is -1.88. The zero-order chi connectivity index (χ0) is 14.4. The summed E-state index contributed by atoms with van der Waals surface area (Å²) >= 11 is 0. The van der Waals surface area contributed by atoms with Crippen molar-refractivity contribution in [3.05, 3.63) is 29.3 Å². The highest BCUT2D eigenvalue weighted by Gasteiger charge is 2.11. The minimum atomic E-state index is -0.110. The molecular weight excluding hydrogens is 242 g/mol. The summed E-state index contributed by atoms with van der Waals surface area (Å²) in [4.78, 5) is 23.3. The average Bonchev–Trinajstić information content (AvgIpc) is 2.27. The van der Waals surface area contributed by atoms with Crippen LogP contribution in [-0.4, -0.2) is 31.4 Å². The van der Waals surface area contributed by atoms with Crippen LogP contribution in [0.1, 0.15) is 29.8 Å². The first-order valence-electron chi connectivity index (χ1n) is 6.30. The second-order valence-electron chi connectivity index (χ2n) is 4.74. The number of hydrogen-bond acceptors (Lipinski definition) is 3. The van der Waals surface area contributed by atoms with E-state index in [0.29, 0.717) is 11.3 Å². The third kappa shape index (κ3) is 4.71. The van der Waals surface area contributed by atoms with Gasteiger partial charge in [0.1, 0.15) is 0 Å². The smallest absolute Gasteiger partial charge is 0.251 e. The van der Waals surface area contributed by atoms with Crippen molar-refractivity contribution in [1.82, 2.24) is 10.6 Å². The van der Waals surface area contributed by atoms with Gasteiger partial charge in [-0.25, -0.2) is 0 Å². The van der Waals surface area contributed by atoms with Crippen molar-refractivity contribution < 1.29 is 9.59 Å². The molecule has 19 heavy (non-hydrogen) atoms. The summed E-state index contributed by atoms with van der Waals surface area (Å²) in [6.07, 6.45) is 0. The largest absolute Gasteiger partial charge is 0.350 e. The van der Waals surface area contributed by atoms with Gasteiger partial charge in [0.15, 0.2) is 0 Å². The molecule has 5 heteroatoms. The molecular formula is C14H21N3O2. The Morgan fingerprint density at radius 3 is 2.47 bits per heavy atom. The summed E-state index contributed by atoms with van der Waals surface area (Å²) < 4.78 is 0. The molecule has 5 nitrogen and oxygen atoms in total. The van der Waals surface area contributed by atoms with Gasteiger partial charge in [0.25, 0.3) is 5.91 Å². The maximum Gasteiger partial charge on any atom is 0.251 e. The average molecular weight is 263 g/mol. The molecule has 3 N–H and O–H groups in total. The first-order chi connectivity index (χ1) is 8.93. The van der Waals surface area contributed by atoms with Crippen LogP contribution in [0.2, 0.25) is 0 Å². The summed E-state index contributed by atoms with van der Waals surface area (Å²) in [6, 6.07) is 5.35. The molecule has 1 aromatic rings. The lowest BCUT2D eigenvalue weighted by atomic mass is 10.1. The molecule has 0 unspecified atom stereocenters. The van der Waals surface area contributed by atoms with Gasteiger partial charge in [-0.15, -0.1) is 0 Å². The number of likely N-dealkylation sites (N-methyl/N-ethyl adjacent to an activating group) is 1. The number of anilines is 1. The van der Waals surface area contributed by atoms with Gasteiger partial charge in [-0.05, 0) is 51.6 Å². The highest BCUT2D eigenvalue weighted by atomic mass is 16.2. The monoisotopic (exact) mass is 263 g/mol. The second kappa shape index (κ2) is 6.89. The van der Waals surface area contributed by atoms with Crippen LogP contribution in [0.15, 0.2) is 18.2 Å². The summed E-state index contributed by atoms with van der Waals surface area (Å²) in [5.41, 5.74) is 2.15. The molecule has 1 aromatic carbocycles. The molecule has 0 fully saturated rings. The van der Waals surface area contributed by atoms with Gasteiger partial charge in [0.2, 0.25) is 5.91 Å². The summed E-state index contributed by atoms with van der Waals surface area (Å²) in [6.45, 7) is 5.94. The second-order valence-corrected chi connectivity index (χ2v) is 4.74. The zero-order valence-electron chi connectivity index (χ0n) is 11.8. The number of rotatable bonds is 5. The van der Waals surface area contributed by atoms with Crippen molar-refractivity contribution in [2.45, 2.75) is 26.8 Å². The van der Waals surface area contributed by atoms with Gasteiger partial charge in [-0.2, -0.15) is 0 Å². The molecule has 0 aliphatic rings. The summed E-state index contributed by atoms with van der Waals surface area (Å²) in [5.74, 6) is -0.207. The van der Waals surface area contributed by atoms with E-state index < -0.39 is 0 Å². The number of amides is 2. The van der Waals surface area contributed by atoms with Crippen LogP contribution >= 0.6 is 0 Å². The fraction of sp³-hybridized carbons (Fsp3) is 0.429. The predicted molar refractivity (Wildman–Crippen MR) is 76.3 cm³/mol. The Morgan fingerprint density at radius 2 is 1.95 bits per heavy atom. The van der Waals surface area contributed by atoms with E-state index in [4.69, 9.17) is 0 Å². The van der Waals surface area contributed by atoms with Gasteiger partial charge in [-0.3, -0.25) is 9.59 Å².